The summed E-state index contributed by atoms with van der Waals surface area (Å²) in [6, 6.07) is 0.491. The second kappa shape index (κ2) is 11.8. The summed E-state index contributed by atoms with van der Waals surface area (Å²) in [6.07, 6.45) is -1.67. The SMILES string of the molecule is CCC[C@H](NC(=O)[C@H](CS(=O)(=O)CC1CC1)N(CC(F)(F)F)c1ccc(F)cc1)C(=O)C(=O)NC1CC1. The Bertz CT molecular complexity index is 1090. The van der Waals surface area contributed by atoms with Crippen LogP contribution in [0.4, 0.5) is 23.2 Å². The van der Waals surface area contributed by atoms with Gasteiger partial charge in [-0.05, 0) is 62.3 Å². The van der Waals surface area contributed by atoms with Crippen LogP contribution in [0.3, 0.4) is 0 Å². The molecule has 2 fully saturated rings. The van der Waals surface area contributed by atoms with Crippen LogP contribution in [-0.4, -0.2) is 68.4 Å². The summed E-state index contributed by atoms with van der Waals surface area (Å²) in [6.45, 7) is 0.00149. The Balaban J connectivity index is 1.92. The number of Topliss-reactive ketones (excluding diaryl/α,β-unsaturated/α-hetero) is 1. The summed E-state index contributed by atoms with van der Waals surface area (Å²) in [7, 11) is -3.98. The van der Waals surface area contributed by atoms with Gasteiger partial charge in [0.05, 0.1) is 17.5 Å². The van der Waals surface area contributed by atoms with Crippen LogP contribution in [-0.2, 0) is 24.2 Å². The molecule has 8 nitrogen and oxygen atoms in total. The van der Waals surface area contributed by atoms with E-state index in [4.69, 9.17) is 0 Å². The van der Waals surface area contributed by atoms with E-state index < -0.39 is 63.8 Å². The first-order valence-electron chi connectivity index (χ1n) is 12.2. The van der Waals surface area contributed by atoms with Gasteiger partial charge in [0.2, 0.25) is 11.7 Å². The molecule has 0 unspecified atom stereocenters. The molecule has 0 radical (unpaired) electrons. The number of carbonyl (C=O) groups is 3. The molecule has 206 valence electrons. The van der Waals surface area contributed by atoms with E-state index >= 15 is 0 Å². The minimum absolute atomic E-state index is 0.0278. The summed E-state index contributed by atoms with van der Waals surface area (Å²) in [4.78, 5) is 39.0. The standard InChI is InChI=1S/C24H31F4N3O5S/c1-2-3-19(21(32)23(34)29-17-8-9-17)30-22(33)20(13-37(35,36)12-15-4-5-15)31(14-24(26,27)28)18-10-6-16(25)7-11-18/h6-7,10-11,15,17,19-20H,2-5,8-9,12-14H2,1H3,(H,29,34)(H,30,33)/t19-,20-/m0/s1. The van der Waals surface area contributed by atoms with Crippen molar-refractivity contribution in [2.75, 3.05) is 23.0 Å². The lowest BCUT2D eigenvalue weighted by molar-refractivity contribution is -0.140. The highest BCUT2D eigenvalue weighted by Gasteiger charge is 2.41. The molecule has 13 heteroatoms. The number of ketones is 1. The van der Waals surface area contributed by atoms with Crippen LogP contribution in [0.2, 0.25) is 0 Å². The van der Waals surface area contributed by atoms with Gasteiger partial charge in [-0.1, -0.05) is 13.3 Å². The van der Waals surface area contributed by atoms with E-state index in [-0.39, 0.29) is 29.8 Å². The second-order valence-electron chi connectivity index (χ2n) is 9.72. The van der Waals surface area contributed by atoms with Crippen molar-refractivity contribution in [3.05, 3.63) is 30.1 Å². The van der Waals surface area contributed by atoms with Crippen LogP contribution in [0.1, 0.15) is 45.4 Å². The number of rotatable bonds is 14. The smallest absolute Gasteiger partial charge is 0.350 e. The molecule has 0 heterocycles. The fourth-order valence-electron chi connectivity index (χ4n) is 3.93. The number of nitrogens with one attached hydrogen (secondary N) is 2. The lowest BCUT2D eigenvalue weighted by Gasteiger charge is -2.34. The first kappa shape index (κ1) is 28.9. The van der Waals surface area contributed by atoms with E-state index in [1.165, 1.54) is 0 Å². The molecule has 2 saturated carbocycles. The van der Waals surface area contributed by atoms with Crippen molar-refractivity contribution in [3.63, 3.8) is 0 Å². The molecule has 2 aliphatic carbocycles. The number of hydrogen-bond donors (Lipinski definition) is 2. The Morgan fingerprint density at radius 2 is 1.70 bits per heavy atom. The van der Waals surface area contributed by atoms with Gasteiger partial charge < -0.3 is 15.5 Å². The quantitative estimate of drug-likeness (QED) is 0.273. The Morgan fingerprint density at radius 3 is 2.22 bits per heavy atom. The number of carbonyl (C=O) groups excluding carboxylic acids is 3. The Kier molecular flexibility index (Phi) is 9.19. The number of hydrogen-bond acceptors (Lipinski definition) is 6. The number of alkyl halides is 3. The van der Waals surface area contributed by atoms with Gasteiger partial charge in [-0.25, -0.2) is 12.8 Å². The Hall–Kier alpha value is -2.70. The van der Waals surface area contributed by atoms with Gasteiger partial charge in [0.1, 0.15) is 18.4 Å². The third-order valence-corrected chi connectivity index (χ3v) is 7.93. The number of anilines is 1. The van der Waals surface area contributed by atoms with E-state index in [9.17, 15) is 40.4 Å². The normalized spacial score (nSPS) is 17.5. The predicted molar refractivity (Wildman–Crippen MR) is 128 cm³/mol. The molecule has 2 atom stereocenters. The molecule has 2 N–H and O–H groups in total. The number of benzene rings is 1. The van der Waals surface area contributed by atoms with Crippen LogP contribution >= 0.6 is 0 Å². The lowest BCUT2D eigenvalue weighted by Crippen LogP contribution is -2.57. The zero-order valence-electron chi connectivity index (χ0n) is 20.4. The molecule has 0 saturated heterocycles. The van der Waals surface area contributed by atoms with E-state index in [0.29, 0.717) is 24.2 Å². The predicted octanol–water partition coefficient (Wildman–Crippen LogP) is 2.52. The second-order valence-corrected chi connectivity index (χ2v) is 11.9. The third-order valence-electron chi connectivity index (χ3n) is 6.13. The Labute approximate surface area is 213 Å². The highest BCUT2D eigenvalue weighted by Crippen LogP contribution is 2.31. The van der Waals surface area contributed by atoms with Crippen molar-refractivity contribution in [2.45, 2.75) is 69.8 Å². The van der Waals surface area contributed by atoms with Gasteiger partial charge in [0.15, 0.2) is 9.84 Å². The first-order chi connectivity index (χ1) is 17.3. The molecule has 0 aromatic heterocycles. The zero-order valence-corrected chi connectivity index (χ0v) is 21.2. The maximum atomic E-state index is 13.6. The molecule has 0 bridgehead atoms. The van der Waals surface area contributed by atoms with Gasteiger partial charge in [0, 0.05) is 11.7 Å². The molecular weight excluding hydrogens is 518 g/mol. The third kappa shape index (κ3) is 9.28. The van der Waals surface area contributed by atoms with E-state index in [0.717, 1.165) is 37.1 Å². The van der Waals surface area contributed by atoms with E-state index in [2.05, 4.69) is 10.6 Å². The molecule has 0 spiro atoms. The number of halogens is 4. The number of nitrogens with zero attached hydrogens (tertiary/aromatic N) is 1. The van der Waals surface area contributed by atoms with Crippen LogP contribution in [0, 0.1) is 11.7 Å². The van der Waals surface area contributed by atoms with Gasteiger partial charge >= 0.3 is 6.18 Å². The first-order valence-corrected chi connectivity index (χ1v) is 14.0. The number of amides is 2. The molecule has 2 amide bonds. The average molecular weight is 550 g/mol. The average Bonchev–Trinajstić information content (AvgIpc) is 3.73. The summed E-state index contributed by atoms with van der Waals surface area (Å²) in [5.74, 6) is -5.07. The summed E-state index contributed by atoms with van der Waals surface area (Å²) in [5.41, 5.74) is -0.217. The highest BCUT2D eigenvalue weighted by atomic mass is 32.2. The van der Waals surface area contributed by atoms with Crippen molar-refractivity contribution in [1.29, 1.82) is 0 Å². The van der Waals surface area contributed by atoms with Crippen molar-refractivity contribution >= 4 is 33.1 Å². The van der Waals surface area contributed by atoms with Crippen molar-refractivity contribution in [2.24, 2.45) is 5.92 Å². The summed E-state index contributed by atoms with van der Waals surface area (Å²) in [5, 5.41) is 4.85. The maximum absolute atomic E-state index is 13.6. The molecule has 1 aromatic rings. The minimum atomic E-state index is -4.84. The van der Waals surface area contributed by atoms with Crippen molar-refractivity contribution < 1.29 is 40.4 Å². The fraction of sp³-hybridized carbons (Fsp3) is 0.625. The van der Waals surface area contributed by atoms with Gasteiger partial charge in [-0.3, -0.25) is 14.4 Å². The molecule has 37 heavy (non-hydrogen) atoms. The van der Waals surface area contributed by atoms with Crippen LogP contribution in [0.15, 0.2) is 24.3 Å². The lowest BCUT2D eigenvalue weighted by atomic mass is 10.1. The Morgan fingerprint density at radius 1 is 1.08 bits per heavy atom. The molecular formula is C24H31F4N3O5S. The van der Waals surface area contributed by atoms with Crippen molar-refractivity contribution in [1.82, 2.24) is 10.6 Å². The fourth-order valence-corrected chi connectivity index (χ4v) is 5.93. The molecule has 0 aliphatic heterocycles. The van der Waals surface area contributed by atoms with Gasteiger partial charge in [-0.15, -0.1) is 0 Å². The van der Waals surface area contributed by atoms with Gasteiger partial charge in [0.25, 0.3) is 5.91 Å². The largest absolute Gasteiger partial charge is 0.405 e. The van der Waals surface area contributed by atoms with Crippen LogP contribution in [0.5, 0.6) is 0 Å². The highest BCUT2D eigenvalue weighted by molar-refractivity contribution is 7.91. The topological polar surface area (TPSA) is 113 Å². The number of sulfone groups is 1. The van der Waals surface area contributed by atoms with Crippen molar-refractivity contribution in [3.8, 4) is 0 Å². The summed E-state index contributed by atoms with van der Waals surface area (Å²) < 4.78 is 80.0. The van der Waals surface area contributed by atoms with Gasteiger partial charge in [-0.2, -0.15) is 13.2 Å². The summed E-state index contributed by atoms with van der Waals surface area (Å²) >= 11 is 0. The van der Waals surface area contributed by atoms with Crippen LogP contribution in [0.25, 0.3) is 0 Å². The maximum Gasteiger partial charge on any atom is 0.405 e. The minimum Gasteiger partial charge on any atom is -0.350 e. The molecule has 3 rings (SSSR count). The van der Waals surface area contributed by atoms with E-state index in [1.54, 1.807) is 6.92 Å². The zero-order chi connectivity index (χ0) is 27.4. The molecule has 2 aliphatic rings. The van der Waals surface area contributed by atoms with Crippen LogP contribution < -0.4 is 15.5 Å². The van der Waals surface area contributed by atoms with E-state index in [1.807, 2.05) is 0 Å². The monoisotopic (exact) mass is 549 g/mol. The molecule has 1 aromatic carbocycles.